The van der Waals surface area contributed by atoms with Crippen LogP contribution >= 0.6 is 27.3 Å². The second-order valence-electron chi connectivity index (χ2n) is 3.56. The number of fused-ring (bicyclic) bond motifs is 1. The Bertz CT molecular complexity index is 467. The maximum absolute atomic E-state index is 4.63. The number of hydrogen-bond donors (Lipinski definition) is 0. The third-order valence-corrected chi connectivity index (χ3v) is 4.17. The van der Waals surface area contributed by atoms with E-state index < -0.39 is 0 Å². The average Bonchev–Trinajstić information content (AvgIpc) is 2.80. The van der Waals surface area contributed by atoms with Crippen molar-refractivity contribution in [3.8, 4) is 0 Å². The van der Waals surface area contributed by atoms with Gasteiger partial charge in [-0.25, -0.2) is 4.98 Å². The van der Waals surface area contributed by atoms with Crippen LogP contribution < -0.4 is 0 Å². The Kier molecular flexibility index (Phi) is 1.58. The molecule has 0 N–H and O–H groups in total. The topological polar surface area (TPSA) is 17.3 Å². The molecule has 4 heteroatoms. The summed E-state index contributed by atoms with van der Waals surface area (Å²) >= 11 is 5.35. The van der Waals surface area contributed by atoms with Crippen molar-refractivity contribution >= 4 is 32.2 Å². The molecule has 3 rings (SSSR count). The van der Waals surface area contributed by atoms with E-state index >= 15 is 0 Å². The van der Waals surface area contributed by atoms with E-state index in [0.717, 1.165) is 10.9 Å². The lowest BCUT2D eigenvalue weighted by Gasteiger charge is -1.93. The SMILES string of the molecule is Cc1csc2nc(C3CC3)c(Br)n12. The molecule has 0 unspecified atom stereocenters. The van der Waals surface area contributed by atoms with Gasteiger partial charge in [0.15, 0.2) is 4.96 Å². The largest absolute Gasteiger partial charge is 0.282 e. The Hall–Kier alpha value is -0.350. The standard InChI is InChI=1S/C9H9BrN2S/c1-5-4-13-9-11-7(6-2-3-6)8(10)12(5)9/h4,6H,2-3H2,1H3. The average molecular weight is 257 g/mol. The third kappa shape index (κ3) is 1.08. The predicted molar refractivity (Wildman–Crippen MR) is 57.5 cm³/mol. The predicted octanol–water partition coefficient (Wildman–Crippen LogP) is 3.34. The zero-order valence-corrected chi connectivity index (χ0v) is 9.65. The molecule has 2 nitrogen and oxygen atoms in total. The van der Waals surface area contributed by atoms with Crippen molar-refractivity contribution in [1.82, 2.24) is 9.38 Å². The molecule has 0 aliphatic heterocycles. The monoisotopic (exact) mass is 256 g/mol. The highest BCUT2D eigenvalue weighted by atomic mass is 79.9. The van der Waals surface area contributed by atoms with Crippen LogP contribution in [0.1, 0.15) is 30.1 Å². The molecule has 1 saturated carbocycles. The molecule has 2 heterocycles. The first-order chi connectivity index (χ1) is 6.27. The minimum absolute atomic E-state index is 0.723. The third-order valence-electron chi connectivity index (χ3n) is 2.47. The van der Waals surface area contributed by atoms with Gasteiger partial charge in [-0.05, 0) is 35.7 Å². The molecule has 1 aliphatic rings. The van der Waals surface area contributed by atoms with Crippen molar-refractivity contribution in [3.63, 3.8) is 0 Å². The molecule has 0 spiro atoms. The first-order valence-corrected chi connectivity index (χ1v) is 6.06. The highest BCUT2D eigenvalue weighted by molar-refractivity contribution is 9.10. The molecule has 1 aliphatic carbocycles. The molecule has 0 saturated heterocycles. The van der Waals surface area contributed by atoms with Gasteiger partial charge in [-0.2, -0.15) is 0 Å². The number of aromatic nitrogens is 2. The number of halogens is 1. The maximum atomic E-state index is 4.63. The number of thiazole rings is 1. The van der Waals surface area contributed by atoms with Gasteiger partial charge in [0.1, 0.15) is 4.60 Å². The molecule has 13 heavy (non-hydrogen) atoms. The smallest absolute Gasteiger partial charge is 0.195 e. The highest BCUT2D eigenvalue weighted by Crippen LogP contribution is 2.43. The molecular formula is C9H9BrN2S. The molecule has 0 aromatic carbocycles. The lowest BCUT2D eigenvalue weighted by atomic mass is 10.3. The lowest BCUT2D eigenvalue weighted by Crippen LogP contribution is -1.84. The fourth-order valence-corrected chi connectivity index (χ4v) is 3.44. The summed E-state index contributed by atoms with van der Waals surface area (Å²) in [6.07, 6.45) is 2.62. The Balaban J connectivity index is 2.31. The minimum Gasteiger partial charge on any atom is -0.282 e. The number of imidazole rings is 1. The second kappa shape index (κ2) is 2.58. The summed E-state index contributed by atoms with van der Waals surface area (Å²) in [5.74, 6) is 0.723. The summed E-state index contributed by atoms with van der Waals surface area (Å²) in [5.41, 5.74) is 2.53. The second-order valence-corrected chi connectivity index (χ2v) is 5.14. The molecule has 2 aromatic heterocycles. The molecule has 68 valence electrons. The number of hydrogen-bond acceptors (Lipinski definition) is 2. The molecule has 0 radical (unpaired) electrons. The number of rotatable bonds is 1. The van der Waals surface area contributed by atoms with Crippen LogP contribution in [0.2, 0.25) is 0 Å². The van der Waals surface area contributed by atoms with Crippen molar-refractivity contribution in [2.75, 3.05) is 0 Å². The van der Waals surface area contributed by atoms with E-state index in [1.807, 2.05) is 0 Å². The van der Waals surface area contributed by atoms with E-state index in [-0.39, 0.29) is 0 Å². The van der Waals surface area contributed by atoms with Gasteiger partial charge in [-0.1, -0.05) is 0 Å². The van der Waals surface area contributed by atoms with E-state index in [2.05, 4.69) is 37.6 Å². The van der Waals surface area contributed by atoms with Crippen LogP contribution in [-0.4, -0.2) is 9.38 Å². The highest BCUT2D eigenvalue weighted by Gasteiger charge is 2.29. The number of nitrogens with zero attached hydrogens (tertiary/aromatic N) is 2. The summed E-state index contributed by atoms with van der Waals surface area (Å²) in [7, 11) is 0. The Morgan fingerprint density at radius 3 is 3.00 bits per heavy atom. The van der Waals surface area contributed by atoms with Gasteiger partial charge in [0.05, 0.1) is 5.69 Å². The molecular weight excluding hydrogens is 248 g/mol. The molecule has 1 fully saturated rings. The van der Waals surface area contributed by atoms with E-state index in [0.29, 0.717) is 0 Å². The van der Waals surface area contributed by atoms with Crippen LogP contribution in [0.25, 0.3) is 4.96 Å². The van der Waals surface area contributed by atoms with Gasteiger partial charge in [0, 0.05) is 17.0 Å². The molecule has 0 amide bonds. The van der Waals surface area contributed by atoms with Crippen LogP contribution in [0.5, 0.6) is 0 Å². The van der Waals surface area contributed by atoms with Gasteiger partial charge >= 0.3 is 0 Å². The van der Waals surface area contributed by atoms with E-state index in [4.69, 9.17) is 0 Å². The van der Waals surface area contributed by atoms with Crippen molar-refractivity contribution in [1.29, 1.82) is 0 Å². The van der Waals surface area contributed by atoms with Crippen LogP contribution in [0.3, 0.4) is 0 Å². The molecule has 0 atom stereocenters. The Morgan fingerprint density at radius 1 is 1.62 bits per heavy atom. The maximum Gasteiger partial charge on any atom is 0.195 e. The van der Waals surface area contributed by atoms with Crippen molar-refractivity contribution in [2.45, 2.75) is 25.7 Å². The fraction of sp³-hybridized carbons (Fsp3) is 0.444. The zero-order chi connectivity index (χ0) is 9.00. The van der Waals surface area contributed by atoms with Crippen molar-refractivity contribution in [3.05, 3.63) is 21.4 Å². The normalized spacial score (nSPS) is 17.1. The van der Waals surface area contributed by atoms with Crippen molar-refractivity contribution in [2.24, 2.45) is 0 Å². The van der Waals surface area contributed by atoms with Crippen molar-refractivity contribution < 1.29 is 0 Å². The summed E-state index contributed by atoms with van der Waals surface area (Å²) in [6.45, 7) is 2.12. The molecule has 0 bridgehead atoms. The Labute approximate surface area is 88.7 Å². The first-order valence-electron chi connectivity index (χ1n) is 4.39. The van der Waals surface area contributed by atoms with E-state index in [1.165, 1.54) is 28.8 Å². The number of aryl methyl sites for hydroxylation is 1. The van der Waals surface area contributed by atoms with Crippen LogP contribution in [-0.2, 0) is 0 Å². The van der Waals surface area contributed by atoms with Gasteiger partial charge < -0.3 is 0 Å². The fourth-order valence-electron chi connectivity index (χ4n) is 1.59. The summed E-state index contributed by atoms with van der Waals surface area (Å²) in [5, 5.41) is 2.14. The van der Waals surface area contributed by atoms with Crippen LogP contribution in [0.4, 0.5) is 0 Å². The minimum atomic E-state index is 0.723. The van der Waals surface area contributed by atoms with E-state index in [9.17, 15) is 0 Å². The first kappa shape index (κ1) is 8.00. The van der Waals surface area contributed by atoms with Gasteiger partial charge in [0.2, 0.25) is 0 Å². The zero-order valence-electron chi connectivity index (χ0n) is 7.25. The van der Waals surface area contributed by atoms with Gasteiger partial charge in [-0.3, -0.25) is 4.40 Å². The molecule has 2 aromatic rings. The van der Waals surface area contributed by atoms with Crippen LogP contribution in [0, 0.1) is 6.92 Å². The quantitative estimate of drug-likeness (QED) is 0.765. The van der Waals surface area contributed by atoms with Gasteiger partial charge in [-0.15, -0.1) is 11.3 Å². The van der Waals surface area contributed by atoms with Crippen LogP contribution in [0.15, 0.2) is 9.98 Å². The summed E-state index contributed by atoms with van der Waals surface area (Å²) in [4.78, 5) is 5.75. The van der Waals surface area contributed by atoms with E-state index in [1.54, 1.807) is 11.3 Å². The lowest BCUT2D eigenvalue weighted by molar-refractivity contribution is 1.02. The summed E-state index contributed by atoms with van der Waals surface area (Å²) < 4.78 is 3.36. The summed E-state index contributed by atoms with van der Waals surface area (Å²) in [6, 6.07) is 0. The van der Waals surface area contributed by atoms with Gasteiger partial charge in [0.25, 0.3) is 0 Å². The Morgan fingerprint density at radius 2 is 2.38 bits per heavy atom.